The summed E-state index contributed by atoms with van der Waals surface area (Å²) in [7, 11) is 1.55. The van der Waals surface area contributed by atoms with Gasteiger partial charge in [-0.05, 0) is 41.8 Å². The number of aliphatic hydroxyl groups excluding tert-OH is 1. The summed E-state index contributed by atoms with van der Waals surface area (Å²) < 4.78 is 6.85. The molecule has 0 radical (unpaired) electrons. The number of ether oxygens (including phenoxy) is 1. The van der Waals surface area contributed by atoms with E-state index in [4.69, 9.17) is 4.74 Å². The van der Waals surface area contributed by atoms with Gasteiger partial charge in [0.1, 0.15) is 11.8 Å². The fraction of sp³-hybridized carbons (Fsp3) is 0.308. The highest BCUT2D eigenvalue weighted by Gasteiger charge is 2.23. The minimum absolute atomic E-state index is 0.115. The van der Waals surface area contributed by atoms with Gasteiger partial charge in [-0.1, -0.05) is 49.9 Å². The minimum Gasteiger partial charge on any atom is -0.497 e. The maximum atomic E-state index is 12.7. The van der Waals surface area contributed by atoms with Gasteiger partial charge in [0.25, 0.3) is 5.91 Å². The molecule has 2 aromatic carbocycles. The standard InChI is InChI=1S/C26H31N5O4S/c1-5-14-31-24(22(15-32)28-25(34)18-10-12-19(35-4)13-11-18)29-30-26(31)36-16-23(33)27-21-9-7-6-8-20(21)17(2)3/h5-13,17,22,32H,1,14-16H2,2-4H3,(H,27,33)(H,28,34)/t22-/m1/s1. The average molecular weight is 510 g/mol. The number of para-hydroxylation sites is 1. The molecule has 0 saturated carbocycles. The number of nitrogens with one attached hydrogen (secondary N) is 2. The molecule has 1 heterocycles. The number of methoxy groups -OCH3 is 1. The zero-order valence-corrected chi connectivity index (χ0v) is 21.4. The molecule has 36 heavy (non-hydrogen) atoms. The molecule has 0 aliphatic heterocycles. The smallest absolute Gasteiger partial charge is 0.251 e. The molecular weight excluding hydrogens is 478 g/mol. The summed E-state index contributed by atoms with van der Waals surface area (Å²) in [6, 6.07) is 13.5. The van der Waals surface area contributed by atoms with Crippen LogP contribution in [0.15, 0.2) is 66.3 Å². The number of rotatable bonds is 12. The largest absolute Gasteiger partial charge is 0.497 e. The molecule has 0 aliphatic rings. The average Bonchev–Trinajstić information content (AvgIpc) is 3.28. The molecule has 0 bridgehead atoms. The quantitative estimate of drug-likeness (QED) is 0.251. The summed E-state index contributed by atoms with van der Waals surface area (Å²) >= 11 is 1.22. The van der Waals surface area contributed by atoms with Crippen LogP contribution >= 0.6 is 11.8 Å². The van der Waals surface area contributed by atoms with Crippen LogP contribution in [0.5, 0.6) is 5.75 Å². The highest BCUT2D eigenvalue weighted by Crippen LogP contribution is 2.25. The maximum absolute atomic E-state index is 12.7. The van der Waals surface area contributed by atoms with Crippen LogP contribution in [0.2, 0.25) is 0 Å². The van der Waals surface area contributed by atoms with Crippen molar-refractivity contribution in [2.75, 3.05) is 24.8 Å². The molecule has 190 valence electrons. The third-order valence-electron chi connectivity index (χ3n) is 5.40. The van der Waals surface area contributed by atoms with Gasteiger partial charge in [0, 0.05) is 17.8 Å². The highest BCUT2D eigenvalue weighted by atomic mass is 32.2. The number of carbonyl (C=O) groups excluding carboxylic acids is 2. The van der Waals surface area contributed by atoms with Gasteiger partial charge in [0.05, 0.1) is 19.5 Å². The molecule has 0 saturated heterocycles. The summed E-state index contributed by atoms with van der Waals surface area (Å²) in [5.74, 6) is 0.846. The second kappa shape index (κ2) is 12.9. The molecule has 0 unspecified atom stereocenters. The third kappa shape index (κ3) is 6.73. The molecule has 1 aromatic heterocycles. The van der Waals surface area contributed by atoms with Crippen LogP contribution in [0.4, 0.5) is 5.69 Å². The van der Waals surface area contributed by atoms with Crippen molar-refractivity contribution in [2.24, 2.45) is 0 Å². The van der Waals surface area contributed by atoms with Gasteiger partial charge in [0.15, 0.2) is 11.0 Å². The van der Waals surface area contributed by atoms with Crippen molar-refractivity contribution < 1.29 is 19.4 Å². The number of anilines is 1. The van der Waals surface area contributed by atoms with E-state index in [0.29, 0.717) is 28.8 Å². The fourth-order valence-corrected chi connectivity index (χ4v) is 4.33. The Bertz CT molecular complexity index is 1190. The van der Waals surface area contributed by atoms with E-state index < -0.39 is 6.04 Å². The van der Waals surface area contributed by atoms with E-state index >= 15 is 0 Å². The molecule has 1 atom stereocenters. The topological polar surface area (TPSA) is 118 Å². The van der Waals surface area contributed by atoms with E-state index in [1.807, 2.05) is 24.3 Å². The van der Waals surface area contributed by atoms with Crippen LogP contribution in [-0.4, -0.2) is 51.2 Å². The Balaban J connectivity index is 1.71. The molecule has 2 amide bonds. The zero-order valence-electron chi connectivity index (χ0n) is 20.6. The summed E-state index contributed by atoms with van der Waals surface area (Å²) in [5.41, 5.74) is 2.26. The lowest BCUT2D eigenvalue weighted by Gasteiger charge is -2.17. The molecule has 10 heteroatoms. The maximum Gasteiger partial charge on any atom is 0.251 e. The highest BCUT2D eigenvalue weighted by molar-refractivity contribution is 7.99. The van der Waals surface area contributed by atoms with Gasteiger partial charge in [-0.25, -0.2) is 0 Å². The number of nitrogens with zero attached hydrogens (tertiary/aromatic N) is 3. The zero-order chi connectivity index (χ0) is 26.1. The lowest BCUT2D eigenvalue weighted by molar-refractivity contribution is -0.113. The van der Waals surface area contributed by atoms with Crippen molar-refractivity contribution in [3.63, 3.8) is 0 Å². The van der Waals surface area contributed by atoms with E-state index in [2.05, 4.69) is 41.3 Å². The number of carbonyl (C=O) groups is 2. The lowest BCUT2D eigenvalue weighted by Crippen LogP contribution is -2.33. The Morgan fingerprint density at radius 2 is 1.89 bits per heavy atom. The van der Waals surface area contributed by atoms with Gasteiger partial charge >= 0.3 is 0 Å². The molecule has 0 aliphatic carbocycles. The molecule has 9 nitrogen and oxygen atoms in total. The van der Waals surface area contributed by atoms with Crippen molar-refractivity contribution in [1.82, 2.24) is 20.1 Å². The van der Waals surface area contributed by atoms with Crippen molar-refractivity contribution in [2.45, 2.75) is 37.5 Å². The Labute approximate surface area is 215 Å². The summed E-state index contributed by atoms with van der Waals surface area (Å²) in [5, 5.41) is 24.6. The van der Waals surface area contributed by atoms with Crippen LogP contribution in [0.1, 0.15) is 47.6 Å². The first-order valence-electron chi connectivity index (χ1n) is 11.5. The second-order valence-electron chi connectivity index (χ2n) is 8.26. The third-order valence-corrected chi connectivity index (χ3v) is 6.36. The predicted molar refractivity (Wildman–Crippen MR) is 140 cm³/mol. The van der Waals surface area contributed by atoms with E-state index in [-0.39, 0.29) is 30.1 Å². The first kappa shape index (κ1) is 27.0. The number of aromatic nitrogens is 3. The van der Waals surface area contributed by atoms with E-state index in [1.54, 1.807) is 42.0 Å². The van der Waals surface area contributed by atoms with Crippen molar-refractivity contribution >= 4 is 29.3 Å². The number of hydrogen-bond acceptors (Lipinski definition) is 7. The first-order valence-corrected chi connectivity index (χ1v) is 12.5. The number of aliphatic hydroxyl groups is 1. The van der Waals surface area contributed by atoms with E-state index in [9.17, 15) is 14.7 Å². The first-order chi connectivity index (χ1) is 17.4. The number of benzene rings is 2. The van der Waals surface area contributed by atoms with Gasteiger partial charge in [-0.15, -0.1) is 16.8 Å². The van der Waals surface area contributed by atoms with Crippen LogP contribution in [0.3, 0.4) is 0 Å². The van der Waals surface area contributed by atoms with Crippen molar-refractivity contribution in [1.29, 1.82) is 0 Å². The molecule has 3 rings (SSSR count). The molecular formula is C26H31N5O4S. The minimum atomic E-state index is -0.798. The summed E-state index contributed by atoms with van der Waals surface area (Å²) in [6.45, 7) is 7.89. The summed E-state index contributed by atoms with van der Waals surface area (Å²) in [4.78, 5) is 25.4. The van der Waals surface area contributed by atoms with Gasteiger partial charge in [-0.3, -0.25) is 9.59 Å². The fourth-order valence-electron chi connectivity index (χ4n) is 3.57. The Kier molecular flexibility index (Phi) is 9.66. The lowest BCUT2D eigenvalue weighted by atomic mass is 10.0. The number of amides is 2. The number of allylic oxidation sites excluding steroid dienone is 1. The van der Waals surface area contributed by atoms with Crippen LogP contribution in [-0.2, 0) is 11.3 Å². The van der Waals surface area contributed by atoms with E-state index in [0.717, 1.165) is 11.3 Å². The SMILES string of the molecule is C=CCn1c(SCC(=O)Nc2ccccc2C(C)C)nnc1[C@@H](CO)NC(=O)c1ccc(OC)cc1. The predicted octanol–water partition coefficient (Wildman–Crippen LogP) is 3.79. The van der Waals surface area contributed by atoms with Gasteiger partial charge in [-0.2, -0.15) is 0 Å². The second-order valence-corrected chi connectivity index (χ2v) is 9.20. The van der Waals surface area contributed by atoms with Gasteiger partial charge in [0.2, 0.25) is 5.91 Å². The molecule has 0 fully saturated rings. The molecule has 0 spiro atoms. The van der Waals surface area contributed by atoms with E-state index in [1.165, 1.54) is 11.8 Å². The van der Waals surface area contributed by atoms with Crippen LogP contribution in [0.25, 0.3) is 0 Å². The Hall–Kier alpha value is -3.63. The van der Waals surface area contributed by atoms with Crippen molar-refractivity contribution in [3.8, 4) is 5.75 Å². The molecule has 3 aromatic rings. The number of hydrogen-bond donors (Lipinski definition) is 3. The monoisotopic (exact) mass is 509 g/mol. The number of thioether (sulfide) groups is 1. The Morgan fingerprint density at radius 1 is 1.17 bits per heavy atom. The molecule has 3 N–H and O–H groups in total. The summed E-state index contributed by atoms with van der Waals surface area (Å²) in [6.07, 6.45) is 1.66. The van der Waals surface area contributed by atoms with Crippen LogP contribution < -0.4 is 15.4 Å². The Morgan fingerprint density at radius 3 is 2.53 bits per heavy atom. The van der Waals surface area contributed by atoms with Crippen molar-refractivity contribution in [3.05, 3.63) is 78.1 Å². The normalized spacial score (nSPS) is 11.7. The van der Waals surface area contributed by atoms with Gasteiger partial charge < -0.3 is 25.0 Å². The van der Waals surface area contributed by atoms with Crippen LogP contribution in [0, 0.1) is 0 Å².